The van der Waals surface area contributed by atoms with E-state index in [1.807, 2.05) is 6.92 Å². The van der Waals surface area contributed by atoms with E-state index in [0.717, 1.165) is 18.4 Å². The molecule has 1 heterocycles. The maximum Gasteiger partial charge on any atom is 0.251 e. The van der Waals surface area contributed by atoms with Crippen LogP contribution in [0.4, 0.5) is 0 Å². The van der Waals surface area contributed by atoms with Gasteiger partial charge in [-0.25, -0.2) is 0 Å². The van der Waals surface area contributed by atoms with Crippen LogP contribution in [0.1, 0.15) is 68.3 Å². The van der Waals surface area contributed by atoms with Gasteiger partial charge in [0.1, 0.15) is 0 Å². The molecule has 2 rings (SSSR count). The number of imide groups is 1. The lowest BCUT2D eigenvalue weighted by Gasteiger charge is -2.15. The molecule has 24 heavy (non-hydrogen) atoms. The minimum atomic E-state index is -0.122. The van der Waals surface area contributed by atoms with Crippen molar-refractivity contribution in [3.05, 3.63) is 35.4 Å². The number of hydrogen-bond donors (Lipinski definition) is 1. The van der Waals surface area contributed by atoms with Crippen molar-refractivity contribution >= 4 is 17.7 Å². The lowest BCUT2D eigenvalue weighted by molar-refractivity contribution is -0.139. The Morgan fingerprint density at radius 3 is 2.33 bits per heavy atom. The Labute approximate surface area is 143 Å². The zero-order chi connectivity index (χ0) is 17.5. The highest BCUT2D eigenvalue weighted by molar-refractivity contribution is 6.01. The minimum Gasteiger partial charge on any atom is -0.350 e. The molecule has 3 amide bonds. The van der Waals surface area contributed by atoms with Crippen molar-refractivity contribution in [3.8, 4) is 0 Å². The van der Waals surface area contributed by atoms with E-state index in [0.29, 0.717) is 18.4 Å². The van der Waals surface area contributed by atoms with Crippen molar-refractivity contribution in [1.29, 1.82) is 0 Å². The number of rotatable bonds is 8. The molecule has 1 N–H and O–H groups in total. The van der Waals surface area contributed by atoms with Crippen LogP contribution in [-0.4, -0.2) is 28.7 Å². The van der Waals surface area contributed by atoms with Crippen LogP contribution in [0, 0.1) is 0 Å². The van der Waals surface area contributed by atoms with Crippen LogP contribution >= 0.6 is 0 Å². The van der Waals surface area contributed by atoms with Gasteiger partial charge >= 0.3 is 0 Å². The number of hydrogen-bond acceptors (Lipinski definition) is 3. The van der Waals surface area contributed by atoms with Crippen LogP contribution < -0.4 is 5.32 Å². The van der Waals surface area contributed by atoms with Crippen LogP contribution in [0.25, 0.3) is 0 Å². The van der Waals surface area contributed by atoms with Crippen molar-refractivity contribution in [2.24, 2.45) is 0 Å². The van der Waals surface area contributed by atoms with Gasteiger partial charge < -0.3 is 5.32 Å². The largest absolute Gasteiger partial charge is 0.350 e. The molecule has 1 aromatic carbocycles. The zero-order valence-corrected chi connectivity index (χ0v) is 14.5. The van der Waals surface area contributed by atoms with E-state index in [2.05, 4.69) is 12.2 Å². The highest BCUT2D eigenvalue weighted by Crippen LogP contribution is 2.16. The summed E-state index contributed by atoms with van der Waals surface area (Å²) < 4.78 is 0. The van der Waals surface area contributed by atoms with Crippen LogP contribution in [0.5, 0.6) is 0 Å². The highest BCUT2D eigenvalue weighted by Gasteiger charge is 2.28. The average Bonchev–Trinajstić information content (AvgIpc) is 2.87. The van der Waals surface area contributed by atoms with Crippen molar-refractivity contribution in [3.63, 3.8) is 0 Å². The fraction of sp³-hybridized carbons (Fsp3) is 0.526. The third-order valence-corrected chi connectivity index (χ3v) is 4.33. The monoisotopic (exact) mass is 330 g/mol. The molecular formula is C19H26N2O3. The van der Waals surface area contributed by atoms with Gasteiger partial charge in [-0.3, -0.25) is 19.3 Å². The summed E-state index contributed by atoms with van der Waals surface area (Å²) in [5, 5.41) is 3.00. The summed E-state index contributed by atoms with van der Waals surface area (Å²) in [6, 6.07) is 7.25. The highest BCUT2D eigenvalue weighted by atomic mass is 16.2. The first-order chi connectivity index (χ1) is 11.5. The second-order valence-electron chi connectivity index (χ2n) is 6.44. The molecule has 0 bridgehead atoms. The van der Waals surface area contributed by atoms with E-state index in [9.17, 15) is 14.4 Å². The molecule has 1 atom stereocenters. The SMILES string of the molecule is CCCCCC(C)NC(=O)c1ccc(CN2C(=O)CCC2=O)cc1. The maximum atomic E-state index is 12.2. The Kier molecular flexibility index (Phi) is 6.53. The lowest BCUT2D eigenvalue weighted by Crippen LogP contribution is -2.32. The smallest absolute Gasteiger partial charge is 0.251 e. The number of unbranched alkanes of at least 4 members (excludes halogenated alkanes) is 2. The summed E-state index contributed by atoms with van der Waals surface area (Å²) in [7, 11) is 0. The first-order valence-corrected chi connectivity index (χ1v) is 8.74. The third kappa shape index (κ3) is 4.91. The van der Waals surface area contributed by atoms with E-state index in [1.54, 1.807) is 24.3 Å². The number of nitrogens with one attached hydrogen (secondary N) is 1. The summed E-state index contributed by atoms with van der Waals surface area (Å²) >= 11 is 0. The predicted octanol–water partition coefficient (Wildman–Crippen LogP) is 3.03. The van der Waals surface area contributed by atoms with Crippen molar-refractivity contribution in [1.82, 2.24) is 10.2 Å². The molecule has 5 nitrogen and oxygen atoms in total. The lowest BCUT2D eigenvalue weighted by atomic mass is 10.1. The molecule has 0 spiro atoms. The molecule has 0 aromatic heterocycles. The van der Waals surface area contributed by atoms with E-state index >= 15 is 0 Å². The van der Waals surface area contributed by atoms with Gasteiger partial charge in [-0.2, -0.15) is 0 Å². The first kappa shape index (κ1) is 18.2. The number of carbonyl (C=O) groups excluding carboxylic acids is 3. The molecule has 130 valence electrons. The molecule has 1 unspecified atom stereocenters. The van der Waals surface area contributed by atoms with Crippen molar-refractivity contribution < 1.29 is 14.4 Å². The topological polar surface area (TPSA) is 66.5 Å². The van der Waals surface area contributed by atoms with Gasteiger partial charge in [-0.15, -0.1) is 0 Å². The fourth-order valence-electron chi connectivity index (χ4n) is 2.82. The Hall–Kier alpha value is -2.17. The second kappa shape index (κ2) is 8.62. The molecule has 5 heteroatoms. The van der Waals surface area contributed by atoms with Crippen molar-refractivity contribution in [2.45, 2.75) is 65.0 Å². The molecule has 1 fully saturated rings. The standard InChI is InChI=1S/C19H26N2O3/c1-3-4-5-6-14(2)20-19(24)16-9-7-15(8-10-16)13-21-17(22)11-12-18(21)23/h7-10,14H,3-6,11-13H2,1-2H3,(H,20,24). The fourth-order valence-corrected chi connectivity index (χ4v) is 2.82. The summed E-state index contributed by atoms with van der Waals surface area (Å²) in [5.74, 6) is -0.329. The Morgan fingerprint density at radius 1 is 1.12 bits per heavy atom. The van der Waals surface area contributed by atoms with Gasteiger partial charge in [-0.1, -0.05) is 38.3 Å². The zero-order valence-electron chi connectivity index (χ0n) is 14.5. The van der Waals surface area contributed by atoms with E-state index < -0.39 is 0 Å². The van der Waals surface area contributed by atoms with Gasteiger partial charge in [0.15, 0.2) is 0 Å². The number of likely N-dealkylation sites (tertiary alicyclic amines) is 1. The number of amides is 3. The van der Waals surface area contributed by atoms with Crippen LogP contribution in [0.2, 0.25) is 0 Å². The van der Waals surface area contributed by atoms with Crippen LogP contribution in [0.3, 0.4) is 0 Å². The molecule has 1 aliphatic heterocycles. The Morgan fingerprint density at radius 2 is 1.75 bits per heavy atom. The Bertz CT molecular complexity index is 579. The van der Waals surface area contributed by atoms with Crippen LogP contribution in [-0.2, 0) is 16.1 Å². The van der Waals surface area contributed by atoms with E-state index in [4.69, 9.17) is 0 Å². The normalized spacial score (nSPS) is 15.7. The van der Waals surface area contributed by atoms with Gasteiger partial charge in [-0.05, 0) is 31.0 Å². The number of carbonyl (C=O) groups is 3. The third-order valence-electron chi connectivity index (χ3n) is 4.33. The van der Waals surface area contributed by atoms with Crippen molar-refractivity contribution in [2.75, 3.05) is 0 Å². The molecule has 0 radical (unpaired) electrons. The predicted molar refractivity (Wildman–Crippen MR) is 92.3 cm³/mol. The van der Waals surface area contributed by atoms with E-state index in [-0.39, 0.29) is 30.3 Å². The number of benzene rings is 1. The van der Waals surface area contributed by atoms with E-state index in [1.165, 1.54) is 17.7 Å². The molecule has 1 aliphatic rings. The van der Waals surface area contributed by atoms with Crippen LogP contribution in [0.15, 0.2) is 24.3 Å². The maximum absolute atomic E-state index is 12.2. The summed E-state index contributed by atoms with van der Waals surface area (Å²) in [6.07, 6.45) is 5.06. The minimum absolute atomic E-state index is 0.0844. The first-order valence-electron chi connectivity index (χ1n) is 8.74. The quantitative estimate of drug-likeness (QED) is 0.588. The average molecular weight is 330 g/mol. The summed E-state index contributed by atoms with van der Waals surface area (Å²) in [6.45, 7) is 4.47. The number of nitrogens with zero attached hydrogens (tertiary/aromatic N) is 1. The van der Waals surface area contributed by atoms with Gasteiger partial charge in [0.2, 0.25) is 11.8 Å². The van der Waals surface area contributed by atoms with Gasteiger partial charge in [0.05, 0.1) is 6.54 Å². The molecule has 1 saturated heterocycles. The molecule has 1 aromatic rings. The summed E-state index contributed by atoms with van der Waals surface area (Å²) in [5.41, 5.74) is 1.45. The second-order valence-corrected chi connectivity index (χ2v) is 6.44. The van der Waals surface area contributed by atoms with Gasteiger partial charge in [0, 0.05) is 24.4 Å². The Balaban J connectivity index is 1.88. The molecular weight excluding hydrogens is 304 g/mol. The summed E-state index contributed by atoms with van der Waals surface area (Å²) in [4.78, 5) is 36.8. The molecule has 0 aliphatic carbocycles. The molecule has 0 saturated carbocycles. The van der Waals surface area contributed by atoms with Gasteiger partial charge in [0.25, 0.3) is 5.91 Å².